The number of rotatable bonds is 6. The van der Waals surface area contributed by atoms with Crippen LogP contribution in [0.5, 0.6) is 0 Å². The number of benzene rings is 1. The number of hydrogen-bond acceptors (Lipinski definition) is 4. The third-order valence-electron chi connectivity index (χ3n) is 2.63. The molecule has 108 valence electrons. The maximum atomic E-state index is 12.0. The van der Waals surface area contributed by atoms with Crippen molar-refractivity contribution < 1.29 is 12.8 Å². The van der Waals surface area contributed by atoms with E-state index in [1.165, 1.54) is 0 Å². The molecule has 0 saturated heterocycles. The predicted octanol–water partition coefficient (Wildman–Crippen LogP) is 2.58. The fourth-order valence-electron chi connectivity index (χ4n) is 1.73. The van der Waals surface area contributed by atoms with Crippen LogP contribution >= 0.6 is 0 Å². The number of nitrogens with one attached hydrogen (secondary N) is 2. The smallest absolute Gasteiger partial charge is 0.240 e. The lowest BCUT2D eigenvalue weighted by molar-refractivity contribution is 0.564. The molecule has 0 spiro atoms. The molecule has 6 heteroatoms. The summed E-state index contributed by atoms with van der Waals surface area (Å²) < 4.78 is 31.4. The zero-order valence-corrected chi connectivity index (χ0v) is 12.3. The number of sulfonamides is 1. The van der Waals surface area contributed by atoms with E-state index in [1.54, 1.807) is 50.6 Å². The summed E-state index contributed by atoms with van der Waals surface area (Å²) in [5.41, 5.74) is 1.89. The quantitative estimate of drug-likeness (QED) is 0.859. The summed E-state index contributed by atoms with van der Waals surface area (Å²) in [5, 5.41) is 3.19. The van der Waals surface area contributed by atoms with Gasteiger partial charge in [0, 0.05) is 23.8 Å². The van der Waals surface area contributed by atoms with Crippen LogP contribution in [0.25, 0.3) is 0 Å². The van der Waals surface area contributed by atoms with Gasteiger partial charge in [0.05, 0.1) is 17.4 Å². The first kappa shape index (κ1) is 14.6. The highest BCUT2D eigenvalue weighted by atomic mass is 32.2. The van der Waals surface area contributed by atoms with E-state index < -0.39 is 10.0 Å². The summed E-state index contributed by atoms with van der Waals surface area (Å²) in [5.74, 6) is 0. The Labute approximate surface area is 119 Å². The van der Waals surface area contributed by atoms with Gasteiger partial charge in [0.1, 0.15) is 0 Å². The van der Waals surface area contributed by atoms with Crippen molar-refractivity contribution >= 4 is 15.7 Å². The van der Waals surface area contributed by atoms with Gasteiger partial charge in [0.15, 0.2) is 0 Å². The van der Waals surface area contributed by atoms with Crippen LogP contribution < -0.4 is 10.0 Å². The number of furan rings is 1. The van der Waals surface area contributed by atoms with E-state index in [0.29, 0.717) is 6.54 Å². The lowest BCUT2D eigenvalue weighted by Gasteiger charge is -2.10. The molecule has 0 unspecified atom stereocenters. The summed E-state index contributed by atoms with van der Waals surface area (Å²) in [4.78, 5) is 0.264. The first-order valence-corrected chi connectivity index (χ1v) is 7.83. The van der Waals surface area contributed by atoms with Crippen molar-refractivity contribution in [2.75, 3.05) is 5.32 Å². The van der Waals surface area contributed by atoms with Crippen LogP contribution in [0.4, 0.5) is 5.69 Å². The van der Waals surface area contributed by atoms with Crippen LogP contribution in [0.1, 0.15) is 19.4 Å². The standard InChI is InChI=1S/C14H18N2O3S/c1-11(2)16-20(17,18)14-5-3-13(4-6-14)15-9-12-7-8-19-10-12/h3-8,10-11,15-16H,9H2,1-2H3. The summed E-state index contributed by atoms with van der Waals surface area (Å²) in [6, 6.07) is 8.41. The Hall–Kier alpha value is -1.79. The minimum atomic E-state index is -3.43. The van der Waals surface area contributed by atoms with Crippen LogP contribution in [0, 0.1) is 0 Å². The topological polar surface area (TPSA) is 71.3 Å². The maximum Gasteiger partial charge on any atom is 0.240 e. The Bertz CT molecular complexity index is 632. The molecule has 0 amide bonds. The largest absolute Gasteiger partial charge is 0.472 e. The van der Waals surface area contributed by atoms with Crippen molar-refractivity contribution in [2.24, 2.45) is 0 Å². The molecule has 2 N–H and O–H groups in total. The van der Waals surface area contributed by atoms with Gasteiger partial charge in [-0.3, -0.25) is 0 Å². The Balaban J connectivity index is 2.02. The van der Waals surface area contributed by atoms with Crippen molar-refractivity contribution in [2.45, 2.75) is 31.3 Å². The average Bonchev–Trinajstić information content (AvgIpc) is 2.88. The fourth-order valence-corrected chi connectivity index (χ4v) is 2.98. The van der Waals surface area contributed by atoms with Gasteiger partial charge in [-0.2, -0.15) is 0 Å². The van der Waals surface area contributed by atoms with Crippen LogP contribution in [0.2, 0.25) is 0 Å². The van der Waals surface area contributed by atoms with E-state index in [-0.39, 0.29) is 10.9 Å². The summed E-state index contributed by atoms with van der Waals surface area (Å²) in [6.45, 7) is 4.21. The maximum absolute atomic E-state index is 12.0. The van der Waals surface area contributed by atoms with E-state index in [9.17, 15) is 8.42 Å². The molecule has 0 fully saturated rings. The first-order valence-electron chi connectivity index (χ1n) is 6.35. The lowest BCUT2D eigenvalue weighted by atomic mass is 10.3. The van der Waals surface area contributed by atoms with Crippen molar-refractivity contribution in [3.8, 4) is 0 Å². The minimum Gasteiger partial charge on any atom is -0.472 e. The van der Waals surface area contributed by atoms with Gasteiger partial charge in [-0.1, -0.05) is 0 Å². The second kappa shape index (κ2) is 6.11. The Morgan fingerprint density at radius 1 is 1.15 bits per heavy atom. The third kappa shape index (κ3) is 3.85. The van der Waals surface area contributed by atoms with Gasteiger partial charge in [-0.05, 0) is 44.2 Å². The molecule has 1 aromatic heterocycles. The van der Waals surface area contributed by atoms with E-state index in [1.807, 2.05) is 6.07 Å². The van der Waals surface area contributed by atoms with Gasteiger partial charge in [0.2, 0.25) is 10.0 Å². The molecule has 0 aliphatic rings. The minimum absolute atomic E-state index is 0.126. The molecule has 0 aliphatic carbocycles. The van der Waals surface area contributed by atoms with Gasteiger partial charge in [-0.15, -0.1) is 0 Å². The Morgan fingerprint density at radius 2 is 1.85 bits per heavy atom. The summed E-state index contributed by atoms with van der Waals surface area (Å²) >= 11 is 0. The molecule has 1 heterocycles. The molecule has 0 aliphatic heterocycles. The highest BCUT2D eigenvalue weighted by Gasteiger charge is 2.14. The highest BCUT2D eigenvalue weighted by Crippen LogP contribution is 2.15. The normalized spacial score (nSPS) is 11.8. The molecule has 2 aromatic rings. The summed E-state index contributed by atoms with van der Waals surface area (Å²) in [6.07, 6.45) is 3.28. The second-order valence-electron chi connectivity index (χ2n) is 4.79. The molecule has 0 saturated carbocycles. The van der Waals surface area contributed by atoms with Gasteiger partial charge in [-0.25, -0.2) is 13.1 Å². The molecule has 20 heavy (non-hydrogen) atoms. The fraction of sp³-hybridized carbons (Fsp3) is 0.286. The van der Waals surface area contributed by atoms with Crippen molar-refractivity contribution in [1.29, 1.82) is 0 Å². The van der Waals surface area contributed by atoms with Crippen molar-refractivity contribution in [1.82, 2.24) is 4.72 Å². The monoisotopic (exact) mass is 294 g/mol. The second-order valence-corrected chi connectivity index (χ2v) is 6.50. The van der Waals surface area contributed by atoms with E-state index in [4.69, 9.17) is 4.42 Å². The zero-order chi connectivity index (χ0) is 14.6. The zero-order valence-electron chi connectivity index (χ0n) is 11.5. The summed E-state index contributed by atoms with van der Waals surface area (Å²) in [7, 11) is -3.43. The molecule has 0 radical (unpaired) electrons. The molecule has 1 aromatic carbocycles. The van der Waals surface area contributed by atoms with Crippen LogP contribution in [-0.4, -0.2) is 14.5 Å². The number of anilines is 1. The van der Waals surface area contributed by atoms with Gasteiger partial charge >= 0.3 is 0 Å². The Morgan fingerprint density at radius 3 is 2.40 bits per heavy atom. The van der Waals surface area contributed by atoms with E-state index in [2.05, 4.69) is 10.0 Å². The van der Waals surface area contributed by atoms with Gasteiger partial charge in [0.25, 0.3) is 0 Å². The Kier molecular flexibility index (Phi) is 4.46. The molecular weight excluding hydrogens is 276 g/mol. The van der Waals surface area contributed by atoms with E-state index in [0.717, 1.165) is 11.3 Å². The van der Waals surface area contributed by atoms with Crippen LogP contribution in [0.3, 0.4) is 0 Å². The van der Waals surface area contributed by atoms with Crippen LogP contribution in [-0.2, 0) is 16.6 Å². The molecule has 0 bridgehead atoms. The lowest BCUT2D eigenvalue weighted by Crippen LogP contribution is -2.30. The van der Waals surface area contributed by atoms with Crippen LogP contribution in [0.15, 0.2) is 52.2 Å². The predicted molar refractivity (Wildman–Crippen MR) is 77.9 cm³/mol. The molecule has 2 rings (SSSR count). The molecular formula is C14H18N2O3S. The molecule has 0 atom stereocenters. The first-order chi connectivity index (χ1) is 9.47. The average molecular weight is 294 g/mol. The SMILES string of the molecule is CC(C)NS(=O)(=O)c1ccc(NCc2ccoc2)cc1. The van der Waals surface area contributed by atoms with E-state index >= 15 is 0 Å². The molecule has 5 nitrogen and oxygen atoms in total. The third-order valence-corrected chi connectivity index (χ3v) is 4.31. The number of hydrogen-bond donors (Lipinski definition) is 2. The van der Waals surface area contributed by atoms with Gasteiger partial charge < -0.3 is 9.73 Å². The highest BCUT2D eigenvalue weighted by molar-refractivity contribution is 7.89. The van der Waals surface area contributed by atoms with Crippen molar-refractivity contribution in [3.05, 3.63) is 48.4 Å². The van der Waals surface area contributed by atoms with Crippen molar-refractivity contribution in [3.63, 3.8) is 0 Å².